The summed E-state index contributed by atoms with van der Waals surface area (Å²) in [5, 5.41) is 21.4. The van der Waals surface area contributed by atoms with Gasteiger partial charge in [0.15, 0.2) is 7.28 Å². The molecule has 8 heteroatoms. The predicted molar refractivity (Wildman–Crippen MR) is 143 cm³/mol. The second kappa shape index (κ2) is 10.1. The quantitative estimate of drug-likeness (QED) is 0.462. The van der Waals surface area contributed by atoms with Gasteiger partial charge in [0.05, 0.1) is 18.2 Å². The molecule has 2 atom stereocenters. The fourth-order valence-corrected chi connectivity index (χ4v) is 5.36. The van der Waals surface area contributed by atoms with E-state index in [0.29, 0.717) is 30.7 Å². The minimum absolute atomic E-state index is 0.0505. The number of carbonyl (C=O) groups is 2. The van der Waals surface area contributed by atoms with Crippen molar-refractivity contribution < 1.29 is 19.4 Å². The Kier molecular flexibility index (Phi) is 6.71. The van der Waals surface area contributed by atoms with Gasteiger partial charge in [0.2, 0.25) is 5.91 Å². The lowest BCUT2D eigenvalue weighted by Crippen LogP contribution is -2.27. The highest BCUT2D eigenvalue weighted by atomic mass is 16.5. The molecule has 2 aromatic carbocycles. The van der Waals surface area contributed by atoms with Gasteiger partial charge in [-0.2, -0.15) is 5.26 Å². The molecule has 1 aliphatic carbocycles. The number of ether oxygens (including phenoxy) is 1. The minimum atomic E-state index is -0.853. The van der Waals surface area contributed by atoms with E-state index in [9.17, 15) is 14.9 Å². The second-order valence-corrected chi connectivity index (χ2v) is 9.83. The summed E-state index contributed by atoms with van der Waals surface area (Å²) >= 11 is 0. The van der Waals surface area contributed by atoms with Gasteiger partial charge in [-0.3, -0.25) is 14.6 Å². The van der Waals surface area contributed by atoms with Crippen LogP contribution in [0.15, 0.2) is 54.7 Å². The molecular formula is C29H28BN3O4. The van der Waals surface area contributed by atoms with E-state index < -0.39 is 5.97 Å². The van der Waals surface area contributed by atoms with E-state index in [1.54, 1.807) is 18.2 Å². The number of carbonyl (C=O) groups excluding carboxylic acids is 1. The average Bonchev–Trinajstić information content (AvgIpc) is 3.64. The number of aryl methyl sites for hydroxylation is 1. The molecule has 37 heavy (non-hydrogen) atoms. The number of fused-ring (bicyclic) bond motifs is 2. The number of aromatic nitrogens is 1. The van der Waals surface area contributed by atoms with E-state index in [0.717, 1.165) is 53.7 Å². The molecule has 0 radical (unpaired) electrons. The monoisotopic (exact) mass is 493 g/mol. The van der Waals surface area contributed by atoms with Crippen molar-refractivity contribution in [3.05, 3.63) is 71.4 Å². The SMILES string of the molecule is CBc1ccc(-c2ccc3c(c2)[C@]2(CCO3)C[C@H]2C(=O)Nc2cc(C#N)ccc2CCCC(=O)O)cn1. The van der Waals surface area contributed by atoms with Crippen LogP contribution in [0.4, 0.5) is 5.69 Å². The van der Waals surface area contributed by atoms with Gasteiger partial charge in [0, 0.05) is 35.2 Å². The number of carboxylic acid groups (broad SMARTS) is 1. The first-order valence-corrected chi connectivity index (χ1v) is 12.7. The molecule has 0 saturated heterocycles. The maximum absolute atomic E-state index is 13.5. The van der Waals surface area contributed by atoms with Crippen LogP contribution in [0.3, 0.4) is 0 Å². The van der Waals surface area contributed by atoms with Gasteiger partial charge in [0.25, 0.3) is 0 Å². The molecule has 7 nitrogen and oxygen atoms in total. The second-order valence-electron chi connectivity index (χ2n) is 9.83. The summed E-state index contributed by atoms with van der Waals surface area (Å²) in [5.74, 6) is -0.316. The number of nitrogens with zero attached hydrogens (tertiary/aromatic N) is 2. The van der Waals surface area contributed by atoms with E-state index >= 15 is 0 Å². The minimum Gasteiger partial charge on any atom is -0.493 e. The van der Waals surface area contributed by atoms with Gasteiger partial charge in [-0.1, -0.05) is 25.0 Å². The molecule has 2 aliphatic rings. The number of nitrogens with one attached hydrogen (secondary N) is 1. The molecule has 1 aliphatic heterocycles. The third-order valence-electron chi connectivity index (χ3n) is 7.57. The van der Waals surface area contributed by atoms with Crippen molar-refractivity contribution >= 4 is 30.4 Å². The first kappa shape index (κ1) is 24.6. The van der Waals surface area contributed by atoms with Crippen LogP contribution in [0.5, 0.6) is 5.75 Å². The molecule has 1 spiro atoms. The van der Waals surface area contributed by atoms with E-state index in [2.05, 4.69) is 35.3 Å². The molecule has 0 unspecified atom stereocenters. The Hall–Kier alpha value is -4.12. The summed E-state index contributed by atoms with van der Waals surface area (Å²) in [7, 11) is 0.886. The Morgan fingerprint density at radius 1 is 1.22 bits per heavy atom. The van der Waals surface area contributed by atoms with Gasteiger partial charge < -0.3 is 15.2 Å². The summed E-state index contributed by atoms with van der Waals surface area (Å²) in [6, 6.07) is 17.6. The fourth-order valence-electron chi connectivity index (χ4n) is 5.36. The van der Waals surface area contributed by atoms with Crippen molar-refractivity contribution in [2.24, 2.45) is 5.92 Å². The highest BCUT2D eigenvalue weighted by Gasteiger charge is 2.61. The molecule has 1 saturated carbocycles. The Labute approximate surface area is 216 Å². The van der Waals surface area contributed by atoms with Crippen molar-refractivity contribution in [2.75, 3.05) is 11.9 Å². The van der Waals surface area contributed by atoms with Crippen LogP contribution in [0.1, 0.15) is 42.4 Å². The number of hydrogen-bond donors (Lipinski definition) is 2. The van der Waals surface area contributed by atoms with Crippen molar-refractivity contribution in [1.82, 2.24) is 4.98 Å². The molecule has 0 bridgehead atoms. The van der Waals surface area contributed by atoms with Gasteiger partial charge in [-0.05, 0) is 78.3 Å². The van der Waals surface area contributed by atoms with Gasteiger partial charge in [0.1, 0.15) is 5.75 Å². The standard InChI is InChI=1S/C29H28BN3O4/c1-30-26-10-8-21(17-32-26)20-7-9-25-22(14-20)29(11-12-37-25)15-23(29)28(36)33-24-13-18(16-31)5-6-19(24)3-2-4-27(34)35/h5-10,13-14,17,23,30H,2-4,11-12,15H2,1H3,(H,33,36)(H,34,35)/t23-,29-/m0/s1. The van der Waals surface area contributed by atoms with Gasteiger partial charge in [-0.15, -0.1) is 0 Å². The summed E-state index contributed by atoms with van der Waals surface area (Å²) in [6.45, 7) is 2.64. The van der Waals surface area contributed by atoms with Crippen LogP contribution in [0.2, 0.25) is 6.82 Å². The van der Waals surface area contributed by atoms with Crippen LogP contribution in [0.25, 0.3) is 11.1 Å². The molecule has 5 rings (SSSR count). The largest absolute Gasteiger partial charge is 0.493 e. The Balaban J connectivity index is 1.38. The number of carboxylic acids is 1. The van der Waals surface area contributed by atoms with Crippen molar-refractivity contribution in [3.63, 3.8) is 0 Å². The van der Waals surface area contributed by atoms with Gasteiger partial charge >= 0.3 is 5.97 Å². The maximum atomic E-state index is 13.5. The zero-order valence-corrected chi connectivity index (χ0v) is 20.8. The number of benzene rings is 2. The van der Waals surface area contributed by atoms with Crippen LogP contribution in [0, 0.1) is 17.2 Å². The van der Waals surface area contributed by atoms with Crippen LogP contribution < -0.4 is 15.6 Å². The number of aliphatic carboxylic acids is 1. The van der Waals surface area contributed by atoms with E-state index in [1.165, 1.54) is 0 Å². The number of anilines is 1. The van der Waals surface area contributed by atoms with E-state index in [-0.39, 0.29) is 23.7 Å². The number of hydrogen-bond acceptors (Lipinski definition) is 5. The topological polar surface area (TPSA) is 112 Å². The third-order valence-corrected chi connectivity index (χ3v) is 7.57. The summed E-state index contributed by atoms with van der Waals surface area (Å²) in [6.07, 6.45) is 4.40. The average molecular weight is 493 g/mol. The highest BCUT2D eigenvalue weighted by Crippen LogP contribution is 2.61. The first-order chi connectivity index (χ1) is 17.9. The smallest absolute Gasteiger partial charge is 0.303 e. The van der Waals surface area contributed by atoms with Crippen molar-refractivity contribution in [2.45, 2.75) is 44.3 Å². The maximum Gasteiger partial charge on any atom is 0.303 e. The number of rotatable bonds is 8. The number of nitriles is 1. The molecule has 1 fully saturated rings. The zero-order chi connectivity index (χ0) is 26.0. The van der Waals surface area contributed by atoms with Crippen molar-refractivity contribution in [3.8, 4) is 22.9 Å². The Morgan fingerprint density at radius 3 is 2.78 bits per heavy atom. The summed E-state index contributed by atoms with van der Waals surface area (Å²) < 4.78 is 5.95. The molecule has 1 amide bonds. The molecular weight excluding hydrogens is 465 g/mol. The van der Waals surface area contributed by atoms with Crippen LogP contribution in [-0.2, 0) is 21.4 Å². The van der Waals surface area contributed by atoms with Crippen LogP contribution in [-0.4, -0.2) is 35.9 Å². The summed E-state index contributed by atoms with van der Waals surface area (Å²) in [4.78, 5) is 28.9. The van der Waals surface area contributed by atoms with E-state index in [4.69, 9.17) is 9.84 Å². The molecule has 2 heterocycles. The Bertz CT molecular complexity index is 1400. The summed E-state index contributed by atoms with van der Waals surface area (Å²) in [5.41, 5.74) is 5.77. The third kappa shape index (κ3) is 4.95. The predicted octanol–water partition coefficient (Wildman–Crippen LogP) is 3.82. The highest BCUT2D eigenvalue weighted by molar-refractivity contribution is 6.50. The Morgan fingerprint density at radius 2 is 2.05 bits per heavy atom. The molecule has 2 N–H and O–H groups in total. The van der Waals surface area contributed by atoms with Gasteiger partial charge in [-0.25, -0.2) is 0 Å². The molecule has 186 valence electrons. The zero-order valence-electron chi connectivity index (χ0n) is 20.8. The number of pyridine rings is 1. The van der Waals surface area contributed by atoms with Crippen LogP contribution >= 0.6 is 0 Å². The van der Waals surface area contributed by atoms with Crippen molar-refractivity contribution in [1.29, 1.82) is 5.26 Å². The first-order valence-electron chi connectivity index (χ1n) is 12.7. The lowest BCUT2D eigenvalue weighted by Gasteiger charge is -2.27. The normalized spacial score (nSPS) is 19.3. The van der Waals surface area contributed by atoms with E-state index in [1.807, 2.05) is 24.4 Å². The lowest BCUT2D eigenvalue weighted by molar-refractivity contribution is -0.137. The fraction of sp³-hybridized carbons (Fsp3) is 0.310. The lowest BCUT2D eigenvalue weighted by atomic mass is 9.77. The number of amides is 1. The molecule has 1 aromatic heterocycles. The molecule has 3 aromatic rings.